The minimum absolute atomic E-state index is 0.225. The first kappa shape index (κ1) is 18.9. The molecule has 3 heteroatoms. The van der Waals surface area contributed by atoms with Gasteiger partial charge in [0.1, 0.15) is 0 Å². The normalized spacial score (nSPS) is 16.1. The van der Waals surface area contributed by atoms with E-state index in [2.05, 4.69) is 60.7 Å². The van der Waals surface area contributed by atoms with Crippen molar-refractivity contribution in [1.29, 1.82) is 0 Å². The maximum absolute atomic E-state index is 9.16. The van der Waals surface area contributed by atoms with Gasteiger partial charge in [-0.05, 0) is 50.7 Å². The Balaban J connectivity index is 4.89. The number of rotatable bonds is 7. The standard InChI is InChI=1S/C16H34O2Si/c1-13(2)9-10-15(14(3)11-12-17)18-19(7,8)16(4,5)6/h9,14-15,17H,10-12H2,1-8H3/t14-,15-/m1/s1. The van der Waals surface area contributed by atoms with E-state index in [1.165, 1.54) is 5.57 Å². The van der Waals surface area contributed by atoms with Crippen molar-refractivity contribution in [3.05, 3.63) is 11.6 Å². The van der Waals surface area contributed by atoms with Crippen LogP contribution in [0.15, 0.2) is 11.6 Å². The molecule has 0 aromatic rings. The van der Waals surface area contributed by atoms with Crippen molar-refractivity contribution in [2.45, 2.75) is 78.6 Å². The van der Waals surface area contributed by atoms with Crippen molar-refractivity contribution in [2.75, 3.05) is 6.61 Å². The predicted octanol–water partition coefficient (Wildman–Crippen LogP) is 4.75. The molecule has 19 heavy (non-hydrogen) atoms. The average Bonchev–Trinajstić information content (AvgIpc) is 2.22. The summed E-state index contributed by atoms with van der Waals surface area (Å²) in [5, 5.41) is 9.39. The second kappa shape index (κ2) is 7.60. The Morgan fingerprint density at radius 3 is 2.16 bits per heavy atom. The number of allylic oxidation sites excluding steroid dienone is 1. The molecule has 0 fully saturated rings. The average molecular weight is 287 g/mol. The lowest BCUT2D eigenvalue weighted by atomic mass is 9.98. The molecular weight excluding hydrogens is 252 g/mol. The summed E-state index contributed by atoms with van der Waals surface area (Å²) >= 11 is 0. The van der Waals surface area contributed by atoms with Crippen molar-refractivity contribution in [3.8, 4) is 0 Å². The third-order valence-corrected chi connectivity index (χ3v) is 8.73. The van der Waals surface area contributed by atoms with E-state index >= 15 is 0 Å². The molecule has 0 bridgehead atoms. The first-order chi connectivity index (χ1) is 8.51. The van der Waals surface area contributed by atoms with Crippen molar-refractivity contribution in [2.24, 2.45) is 5.92 Å². The topological polar surface area (TPSA) is 29.5 Å². The third-order valence-electron chi connectivity index (χ3n) is 4.23. The molecular formula is C16H34O2Si. The Hall–Kier alpha value is -0.123. The van der Waals surface area contributed by atoms with Crippen molar-refractivity contribution >= 4 is 8.32 Å². The summed E-state index contributed by atoms with van der Waals surface area (Å²) in [6, 6.07) is 0. The van der Waals surface area contributed by atoms with Crippen LogP contribution in [0.2, 0.25) is 18.1 Å². The Morgan fingerprint density at radius 2 is 1.79 bits per heavy atom. The van der Waals surface area contributed by atoms with Gasteiger partial charge >= 0.3 is 0 Å². The molecule has 0 heterocycles. The minimum Gasteiger partial charge on any atom is -0.413 e. The maximum Gasteiger partial charge on any atom is 0.192 e. The Morgan fingerprint density at radius 1 is 1.26 bits per heavy atom. The zero-order chi connectivity index (χ0) is 15.3. The van der Waals surface area contributed by atoms with Gasteiger partial charge in [0.25, 0.3) is 0 Å². The molecule has 0 amide bonds. The van der Waals surface area contributed by atoms with E-state index in [9.17, 15) is 0 Å². The zero-order valence-corrected chi connectivity index (χ0v) is 15.2. The van der Waals surface area contributed by atoms with Crippen LogP contribution in [0.1, 0.15) is 54.4 Å². The Kier molecular flexibility index (Phi) is 7.55. The lowest BCUT2D eigenvalue weighted by Gasteiger charge is -2.40. The van der Waals surface area contributed by atoms with Gasteiger partial charge in [0, 0.05) is 6.61 Å². The van der Waals surface area contributed by atoms with Crippen LogP contribution >= 0.6 is 0 Å². The molecule has 2 atom stereocenters. The molecule has 2 nitrogen and oxygen atoms in total. The fraction of sp³-hybridized carbons (Fsp3) is 0.875. The zero-order valence-electron chi connectivity index (χ0n) is 14.2. The molecule has 0 aromatic heterocycles. The summed E-state index contributed by atoms with van der Waals surface area (Å²) in [6.45, 7) is 18.1. The van der Waals surface area contributed by atoms with Crippen molar-refractivity contribution < 1.29 is 9.53 Å². The highest BCUT2D eigenvalue weighted by molar-refractivity contribution is 6.74. The molecule has 0 aliphatic carbocycles. The molecule has 0 unspecified atom stereocenters. The van der Waals surface area contributed by atoms with Crippen LogP contribution in [0.25, 0.3) is 0 Å². The summed E-state index contributed by atoms with van der Waals surface area (Å²) in [4.78, 5) is 0. The first-order valence-electron chi connectivity index (χ1n) is 7.43. The molecule has 0 radical (unpaired) electrons. The van der Waals surface area contributed by atoms with Gasteiger partial charge in [-0.1, -0.05) is 39.3 Å². The van der Waals surface area contributed by atoms with E-state index in [1.54, 1.807) is 0 Å². The van der Waals surface area contributed by atoms with Gasteiger partial charge in [-0.15, -0.1) is 0 Å². The number of hydrogen-bond acceptors (Lipinski definition) is 2. The van der Waals surface area contributed by atoms with Crippen molar-refractivity contribution in [1.82, 2.24) is 0 Å². The van der Waals surface area contributed by atoms with E-state index in [4.69, 9.17) is 9.53 Å². The molecule has 0 aliphatic rings. The van der Waals surface area contributed by atoms with Crippen molar-refractivity contribution in [3.63, 3.8) is 0 Å². The van der Waals surface area contributed by atoms with Gasteiger partial charge < -0.3 is 9.53 Å². The van der Waals surface area contributed by atoms with Crippen LogP contribution in [0.3, 0.4) is 0 Å². The predicted molar refractivity (Wildman–Crippen MR) is 87.0 cm³/mol. The fourth-order valence-electron chi connectivity index (χ4n) is 1.69. The van der Waals surface area contributed by atoms with Crippen LogP contribution in [0.4, 0.5) is 0 Å². The molecule has 1 N–H and O–H groups in total. The first-order valence-corrected chi connectivity index (χ1v) is 10.3. The van der Waals surface area contributed by atoms with E-state index in [-0.39, 0.29) is 17.7 Å². The second-order valence-corrected chi connectivity index (χ2v) is 12.2. The summed E-state index contributed by atoms with van der Waals surface area (Å²) in [6.07, 6.45) is 4.25. The van der Waals surface area contributed by atoms with E-state index in [0.717, 1.165) is 12.8 Å². The lowest BCUT2D eigenvalue weighted by Crippen LogP contribution is -2.45. The van der Waals surface area contributed by atoms with Gasteiger partial charge in [0.2, 0.25) is 0 Å². The fourth-order valence-corrected chi connectivity index (χ4v) is 3.13. The summed E-state index contributed by atoms with van der Waals surface area (Å²) in [5.41, 5.74) is 1.33. The SMILES string of the molecule is CC(C)=CC[C@@H](O[Si](C)(C)C(C)(C)C)[C@H](C)CCO. The molecule has 0 aliphatic heterocycles. The Bertz CT molecular complexity index is 286. The molecule has 0 rings (SSSR count). The molecule has 0 spiro atoms. The quantitative estimate of drug-likeness (QED) is 0.540. The van der Waals surface area contributed by atoms with E-state index in [1.807, 2.05) is 0 Å². The van der Waals surface area contributed by atoms with Crippen LogP contribution < -0.4 is 0 Å². The highest BCUT2D eigenvalue weighted by Crippen LogP contribution is 2.38. The number of aliphatic hydroxyl groups excluding tert-OH is 1. The van der Waals surface area contributed by atoms with Gasteiger partial charge in [-0.25, -0.2) is 0 Å². The highest BCUT2D eigenvalue weighted by Gasteiger charge is 2.39. The van der Waals surface area contributed by atoms with Gasteiger partial charge in [-0.3, -0.25) is 0 Å². The minimum atomic E-state index is -1.74. The van der Waals surface area contributed by atoms with Crippen LogP contribution in [0.5, 0.6) is 0 Å². The largest absolute Gasteiger partial charge is 0.413 e. The monoisotopic (exact) mass is 286 g/mol. The van der Waals surface area contributed by atoms with Crippen LogP contribution in [0, 0.1) is 5.92 Å². The lowest BCUT2D eigenvalue weighted by molar-refractivity contribution is 0.109. The molecule has 0 saturated carbocycles. The van der Waals surface area contributed by atoms with E-state index < -0.39 is 8.32 Å². The number of aliphatic hydroxyl groups is 1. The van der Waals surface area contributed by atoms with Gasteiger partial charge in [0.05, 0.1) is 6.10 Å². The molecule has 0 saturated heterocycles. The molecule has 0 aromatic carbocycles. The van der Waals surface area contributed by atoms with Gasteiger partial charge in [-0.2, -0.15) is 0 Å². The van der Waals surface area contributed by atoms with Crippen LogP contribution in [-0.4, -0.2) is 26.1 Å². The van der Waals surface area contributed by atoms with Crippen LogP contribution in [-0.2, 0) is 4.43 Å². The van der Waals surface area contributed by atoms with Gasteiger partial charge in [0.15, 0.2) is 8.32 Å². The molecule has 114 valence electrons. The summed E-state index contributed by atoms with van der Waals surface area (Å²) in [5.74, 6) is 0.398. The second-order valence-electron chi connectivity index (χ2n) is 7.42. The summed E-state index contributed by atoms with van der Waals surface area (Å²) in [7, 11) is -1.74. The Labute approximate surface area is 121 Å². The number of hydrogen-bond donors (Lipinski definition) is 1. The maximum atomic E-state index is 9.16. The smallest absolute Gasteiger partial charge is 0.192 e. The third kappa shape index (κ3) is 6.73. The highest BCUT2D eigenvalue weighted by atomic mass is 28.4. The summed E-state index contributed by atoms with van der Waals surface area (Å²) < 4.78 is 6.55. The van der Waals surface area contributed by atoms with E-state index in [0.29, 0.717) is 5.92 Å².